The van der Waals surface area contributed by atoms with Crippen LogP contribution >= 0.6 is 0 Å². The Bertz CT molecular complexity index is 349. The molecule has 1 aliphatic rings. The van der Waals surface area contributed by atoms with Crippen molar-refractivity contribution in [3.63, 3.8) is 0 Å². The van der Waals surface area contributed by atoms with E-state index in [0.717, 1.165) is 45.4 Å². The summed E-state index contributed by atoms with van der Waals surface area (Å²) in [6.45, 7) is 7.22. The van der Waals surface area contributed by atoms with E-state index in [0.29, 0.717) is 6.42 Å². The third-order valence-corrected chi connectivity index (χ3v) is 4.07. The molecule has 0 aromatic carbocycles. The number of aliphatic carboxylic acids is 1. The molecule has 2 atom stereocenters. The van der Waals surface area contributed by atoms with Crippen molar-refractivity contribution in [3.05, 3.63) is 0 Å². The maximum Gasteiger partial charge on any atom is 0.317 e. The molecular formula is C15H29N3O3. The van der Waals surface area contributed by atoms with Gasteiger partial charge in [0.1, 0.15) is 0 Å². The molecule has 2 amide bonds. The van der Waals surface area contributed by atoms with Gasteiger partial charge in [0, 0.05) is 25.7 Å². The highest BCUT2D eigenvalue weighted by molar-refractivity contribution is 5.74. The molecule has 0 aliphatic carbocycles. The maximum absolute atomic E-state index is 12.2. The van der Waals surface area contributed by atoms with Gasteiger partial charge in [-0.3, -0.25) is 4.79 Å². The van der Waals surface area contributed by atoms with Crippen molar-refractivity contribution in [2.24, 2.45) is 5.92 Å². The smallest absolute Gasteiger partial charge is 0.317 e. The van der Waals surface area contributed by atoms with Gasteiger partial charge in [0.05, 0.1) is 5.92 Å². The number of likely N-dealkylation sites (N-methyl/N-ethyl adjacent to an activating group) is 1. The summed E-state index contributed by atoms with van der Waals surface area (Å²) in [5, 5.41) is 11.8. The average Bonchev–Trinajstić information content (AvgIpc) is 2.63. The van der Waals surface area contributed by atoms with E-state index < -0.39 is 5.97 Å². The zero-order chi connectivity index (χ0) is 15.8. The first-order valence-electron chi connectivity index (χ1n) is 7.87. The predicted molar refractivity (Wildman–Crippen MR) is 82.3 cm³/mol. The number of carboxylic acids is 1. The molecule has 6 heteroatoms. The van der Waals surface area contributed by atoms with Crippen LogP contribution in [0.25, 0.3) is 0 Å². The summed E-state index contributed by atoms with van der Waals surface area (Å²) in [6.07, 6.45) is 3.30. The summed E-state index contributed by atoms with van der Waals surface area (Å²) in [5.41, 5.74) is 0. The van der Waals surface area contributed by atoms with Gasteiger partial charge in [0.2, 0.25) is 0 Å². The molecule has 0 spiro atoms. The third-order valence-electron chi connectivity index (χ3n) is 4.07. The average molecular weight is 299 g/mol. The van der Waals surface area contributed by atoms with Crippen molar-refractivity contribution < 1.29 is 14.7 Å². The van der Waals surface area contributed by atoms with Crippen LogP contribution in [0.1, 0.15) is 39.5 Å². The Morgan fingerprint density at radius 1 is 1.14 bits per heavy atom. The highest BCUT2D eigenvalue weighted by Gasteiger charge is 2.19. The van der Waals surface area contributed by atoms with Crippen LogP contribution in [0.4, 0.5) is 4.79 Å². The lowest BCUT2D eigenvalue weighted by Crippen LogP contribution is -2.45. The monoisotopic (exact) mass is 299 g/mol. The van der Waals surface area contributed by atoms with Crippen molar-refractivity contribution in [2.45, 2.75) is 45.6 Å². The molecule has 122 valence electrons. The normalized spacial score (nSPS) is 19.7. The number of carbonyl (C=O) groups excluding carboxylic acids is 1. The van der Waals surface area contributed by atoms with Gasteiger partial charge in [-0.2, -0.15) is 0 Å². The Hall–Kier alpha value is -1.30. The van der Waals surface area contributed by atoms with Crippen LogP contribution in [0.3, 0.4) is 0 Å². The van der Waals surface area contributed by atoms with Crippen molar-refractivity contribution in [1.29, 1.82) is 0 Å². The molecule has 0 aromatic heterocycles. The summed E-state index contributed by atoms with van der Waals surface area (Å²) >= 11 is 0. The minimum atomic E-state index is -0.750. The molecule has 1 aliphatic heterocycles. The van der Waals surface area contributed by atoms with E-state index in [9.17, 15) is 9.59 Å². The van der Waals surface area contributed by atoms with Crippen LogP contribution in [0.2, 0.25) is 0 Å². The zero-order valence-corrected chi connectivity index (χ0v) is 13.5. The quantitative estimate of drug-likeness (QED) is 0.781. The Labute approximate surface area is 127 Å². The van der Waals surface area contributed by atoms with Gasteiger partial charge in [0.15, 0.2) is 0 Å². The predicted octanol–water partition coefficient (Wildman–Crippen LogP) is 1.61. The molecule has 6 nitrogen and oxygen atoms in total. The molecule has 0 aromatic rings. The Morgan fingerprint density at radius 3 is 2.52 bits per heavy atom. The number of urea groups is 1. The number of hydrogen-bond donors (Lipinski definition) is 2. The standard InChI is InChI=1S/C15H29N3O3/c1-12(14(19)20)6-4-7-13(2)16-15(21)18-9-5-8-17(3)10-11-18/h12-13H,4-11H2,1-3H3,(H,16,21)(H,19,20). The second kappa shape index (κ2) is 8.87. The minimum absolute atomic E-state index is 0.00378. The van der Waals surface area contributed by atoms with E-state index in [1.54, 1.807) is 6.92 Å². The molecule has 21 heavy (non-hydrogen) atoms. The van der Waals surface area contributed by atoms with Crippen LogP contribution in [0, 0.1) is 5.92 Å². The molecule has 1 fully saturated rings. The van der Waals surface area contributed by atoms with E-state index >= 15 is 0 Å². The van der Waals surface area contributed by atoms with Crippen LogP contribution in [-0.4, -0.2) is 66.2 Å². The first-order chi connectivity index (χ1) is 9.90. The summed E-state index contributed by atoms with van der Waals surface area (Å²) in [7, 11) is 2.08. The van der Waals surface area contributed by atoms with E-state index in [4.69, 9.17) is 5.11 Å². The van der Waals surface area contributed by atoms with Crippen LogP contribution in [0.15, 0.2) is 0 Å². The van der Waals surface area contributed by atoms with Crippen molar-refractivity contribution in [1.82, 2.24) is 15.1 Å². The molecule has 1 rings (SSSR count). The fourth-order valence-electron chi connectivity index (χ4n) is 2.48. The molecule has 0 radical (unpaired) electrons. The SMILES string of the molecule is CC(CCCC(C)C(=O)O)NC(=O)N1CCCN(C)CC1. The number of nitrogens with zero attached hydrogens (tertiary/aromatic N) is 2. The third kappa shape index (κ3) is 6.80. The maximum atomic E-state index is 12.2. The van der Waals surface area contributed by atoms with E-state index in [1.807, 2.05) is 11.8 Å². The molecule has 1 saturated heterocycles. The van der Waals surface area contributed by atoms with Crippen LogP contribution < -0.4 is 5.32 Å². The highest BCUT2D eigenvalue weighted by Crippen LogP contribution is 2.10. The number of hydrogen-bond acceptors (Lipinski definition) is 3. The van der Waals surface area contributed by atoms with Gasteiger partial charge in [0.25, 0.3) is 0 Å². The first kappa shape index (κ1) is 17.8. The highest BCUT2D eigenvalue weighted by atomic mass is 16.4. The largest absolute Gasteiger partial charge is 0.481 e. The number of carbonyl (C=O) groups is 2. The second-order valence-corrected chi connectivity index (χ2v) is 6.16. The van der Waals surface area contributed by atoms with Crippen molar-refractivity contribution in [2.75, 3.05) is 33.2 Å². The summed E-state index contributed by atoms with van der Waals surface area (Å²) in [5.74, 6) is -1.06. The summed E-state index contributed by atoms with van der Waals surface area (Å²) < 4.78 is 0. The van der Waals surface area contributed by atoms with Crippen molar-refractivity contribution >= 4 is 12.0 Å². The van der Waals surface area contributed by atoms with Gasteiger partial charge < -0.3 is 20.2 Å². The molecule has 2 unspecified atom stereocenters. The zero-order valence-electron chi connectivity index (χ0n) is 13.5. The van der Waals surface area contributed by atoms with Gasteiger partial charge in [-0.05, 0) is 39.8 Å². The van der Waals surface area contributed by atoms with Crippen LogP contribution in [0.5, 0.6) is 0 Å². The Morgan fingerprint density at radius 2 is 1.86 bits per heavy atom. The van der Waals surface area contributed by atoms with Crippen LogP contribution in [-0.2, 0) is 4.79 Å². The fourth-order valence-corrected chi connectivity index (χ4v) is 2.48. The first-order valence-corrected chi connectivity index (χ1v) is 7.87. The van der Waals surface area contributed by atoms with Gasteiger partial charge in [-0.1, -0.05) is 13.3 Å². The lowest BCUT2D eigenvalue weighted by atomic mass is 10.0. The lowest BCUT2D eigenvalue weighted by molar-refractivity contribution is -0.141. The fraction of sp³-hybridized carbons (Fsp3) is 0.867. The lowest BCUT2D eigenvalue weighted by Gasteiger charge is -2.24. The van der Waals surface area contributed by atoms with E-state index in [-0.39, 0.29) is 18.0 Å². The summed E-state index contributed by atoms with van der Waals surface area (Å²) in [6, 6.07) is 0.0866. The molecule has 0 saturated carbocycles. The number of carboxylic acid groups (broad SMARTS) is 1. The molecule has 0 bridgehead atoms. The molecular weight excluding hydrogens is 270 g/mol. The number of rotatable bonds is 6. The van der Waals surface area contributed by atoms with E-state index in [1.165, 1.54) is 0 Å². The number of nitrogens with one attached hydrogen (secondary N) is 1. The Kier molecular flexibility index (Phi) is 7.50. The number of amides is 2. The van der Waals surface area contributed by atoms with Crippen molar-refractivity contribution in [3.8, 4) is 0 Å². The van der Waals surface area contributed by atoms with E-state index in [2.05, 4.69) is 17.3 Å². The van der Waals surface area contributed by atoms with Gasteiger partial charge in [-0.15, -0.1) is 0 Å². The van der Waals surface area contributed by atoms with Gasteiger partial charge in [-0.25, -0.2) is 4.79 Å². The molecule has 2 N–H and O–H groups in total. The second-order valence-electron chi connectivity index (χ2n) is 6.16. The molecule has 1 heterocycles. The Balaban J connectivity index is 2.25. The van der Waals surface area contributed by atoms with Gasteiger partial charge >= 0.3 is 12.0 Å². The topological polar surface area (TPSA) is 72.9 Å². The summed E-state index contributed by atoms with van der Waals surface area (Å²) in [4.78, 5) is 27.0. The minimum Gasteiger partial charge on any atom is -0.481 e.